The van der Waals surface area contributed by atoms with Gasteiger partial charge < -0.3 is 4.74 Å². The SMILES string of the molecule is C=CCC[C@H]1CC[C@H]([C@H]2CC[C@H](COc3ccc(Cl)cc3)CC2)CC1. The fraction of sp³-hybridized carbons (Fsp3) is 0.652. The lowest BCUT2D eigenvalue weighted by molar-refractivity contribution is 0.122. The largest absolute Gasteiger partial charge is 0.493 e. The van der Waals surface area contributed by atoms with Crippen LogP contribution in [0.25, 0.3) is 0 Å². The molecule has 0 N–H and O–H groups in total. The quantitative estimate of drug-likeness (QED) is 0.463. The molecule has 0 spiro atoms. The van der Waals surface area contributed by atoms with Gasteiger partial charge in [-0.1, -0.05) is 30.5 Å². The van der Waals surface area contributed by atoms with E-state index in [1.807, 2.05) is 24.3 Å². The van der Waals surface area contributed by atoms with E-state index in [9.17, 15) is 0 Å². The maximum absolute atomic E-state index is 5.97. The Balaban J connectivity index is 1.34. The summed E-state index contributed by atoms with van der Waals surface area (Å²) in [6.45, 7) is 4.73. The average Bonchev–Trinajstić information content (AvgIpc) is 2.67. The summed E-state index contributed by atoms with van der Waals surface area (Å²) in [4.78, 5) is 0. The van der Waals surface area contributed by atoms with Crippen molar-refractivity contribution in [1.82, 2.24) is 0 Å². The monoisotopic (exact) mass is 360 g/mol. The number of halogens is 1. The topological polar surface area (TPSA) is 9.23 Å². The Bertz CT molecular complexity index is 507. The summed E-state index contributed by atoms with van der Waals surface area (Å²) >= 11 is 5.92. The molecule has 2 aliphatic carbocycles. The van der Waals surface area contributed by atoms with Crippen LogP contribution in [0, 0.1) is 23.7 Å². The summed E-state index contributed by atoms with van der Waals surface area (Å²) in [6, 6.07) is 7.75. The molecule has 1 aromatic rings. The predicted octanol–water partition coefficient (Wildman–Crippen LogP) is 7.30. The highest BCUT2D eigenvalue weighted by Gasteiger charge is 2.30. The smallest absolute Gasteiger partial charge is 0.119 e. The Hall–Kier alpha value is -0.950. The molecule has 0 aromatic heterocycles. The molecule has 0 saturated heterocycles. The zero-order valence-electron chi connectivity index (χ0n) is 15.5. The minimum atomic E-state index is 0.732. The van der Waals surface area contributed by atoms with Crippen LogP contribution in [0.1, 0.15) is 64.2 Å². The molecule has 0 atom stereocenters. The van der Waals surface area contributed by atoms with E-state index in [1.54, 1.807) is 0 Å². The molecule has 2 saturated carbocycles. The first-order valence-electron chi connectivity index (χ1n) is 10.2. The molecule has 2 aliphatic rings. The van der Waals surface area contributed by atoms with Crippen LogP contribution in [-0.2, 0) is 0 Å². The molecule has 1 nitrogen and oxygen atoms in total. The van der Waals surface area contributed by atoms with E-state index in [2.05, 4.69) is 12.7 Å². The maximum Gasteiger partial charge on any atom is 0.119 e. The Morgan fingerprint density at radius 3 is 2.00 bits per heavy atom. The van der Waals surface area contributed by atoms with E-state index in [-0.39, 0.29) is 0 Å². The molecule has 138 valence electrons. The summed E-state index contributed by atoms with van der Waals surface area (Å²) in [5.41, 5.74) is 0. The van der Waals surface area contributed by atoms with Crippen molar-refractivity contribution in [2.24, 2.45) is 23.7 Å². The van der Waals surface area contributed by atoms with Gasteiger partial charge in [0.2, 0.25) is 0 Å². The summed E-state index contributed by atoms with van der Waals surface area (Å²) < 4.78 is 5.97. The Morgan fingerprint density at radius 2 is 1.44 bits per heavy atom. The Morgan fingerprint density at radius 1 is 0.880 bits per heavy atom. The fourth-order valence-corrected chi connectivity index (χ4v) is 5.00. The van der Waals surface area contributed by atoms with E-state index in [4.69, 9.17) is 16.3 Å². The minimum Gasteiger partial charge on any atom is -0.493 e. The molecule has 0 unspecified atom stereocenters. The first kappa shape index (κ1) is 18.8. The van der Waals surface area contributed by atoms with Crippen molar-refractivity contribution in [3.05, 3.63) is 41.9 Å². The van der Waals surface area contributed by atoms with E-state index in [0.717, 1.165) is 41.1 Å². The average molecular weight is 361 g/mol. The van der Waals surface area contributed by atoms with Crippen LogP contribution in [0.2, 0.25) is 5.02 Å². The number of hydrogen-bond acceptors (Lipinski definition) is 1. The highest BCUT2D eigenvalue weighted by molar-refractivity contribution is 6.30. The zero-order chi connectivity index (χ0) is 17.5. The summed E-state index contributed by atoms with van der Waals surface area (Å²) in [6.07, 6.45) is 16.0. The molecule has 0 amide bonds. The molecule has 3 rings (SSSR count). The van der Waals surface area contributed by atoms with Crippen molar-refractivity contribution in [3.8, 4) is 5.75 Å². The fourth-order valence-electron chi connectivity index (χ4n) is 4.87. The first-order valence-corrected chi connectivity index (χ1v) is 10.6. The molecule has 0 radical (unpaired) electrons. The number of allylic oxidation sites excluding steroid dienone is 1. The Labute approximate surface area is 158 Å². The first-order chi connectivity index (χ1) is 12.2. The maximum atomic E-state index is 5.97. The van der Waals surface area contributed by atoms with E-state index < -0.39 is 0 Å². The van der Waals surface area contributed by atoms with Crippen LogP contribution >= 0.6 is 11.6 Å². The van der Waals surface area contributed by atoms with Gasteiger partial charge in [-0.25, -0.2) is 0 Å². The van der Waals surface area contributed by atoms with Gasteiger partial charge in [-0.2, -0.15) is 0 Å². The second kappa shape index (κ2) is 9.67. The molecular weight excluding hydrogens is 328 g/mol. The van der Waals surface area contributed by atoms with Crippen LogP contribution in [-0.4, -0.2) is 6.61 Å². The van der Waals surface area contributed by atoms with Crippen LogP contribution in [0.4, 0.5) is 0 Å². The molecule has 2 fully saturated rings. The van der Waals surface area contributed by atoms with Gasteiger partial charge in [0.25, 0.3) is 0 Å². The van der Waals surface area contributed by atoms with Gasteiger partial charge in [0, 0.05) is 5.02 Å². The summed E-state index contributed by atoms with van der Waals surface area (Å²) in [5.74, 6) is 4.63. The zero-order valence-corrected chi connectivity index (χ0v) is 16.2. The predicted molar refractivity (Wildman–Crippen MR) is 107 cm³/mol. The van der Waals surface area contributed by atoms with Gasteiger partial charge in [0.1, 0.15) is 5.75 Å². The lowest BCUT2D eigenvalue weighted by Gasteiger charge is -2.37. The normalized spacial score (nSPS) is 30.0. The molecule has 1 aromatic carbocycles. The lowest BCUT2D eigenvalue weighted by atomic mass is 9.69. The molecule has 0 bridgehead atoms. The van der Waals surface area contributed by atoms with Gasteiger partial charge in [-0.15, -0.1) is 6.58 Å². The third-order valence-corrected chi connectivity index (χ3v) is 6.78. The molecule has 0 heterocycles. The third-order valence-electron chi connectivity index (χ3n) is 6.53. The van der Waals surface area contributed by atoms with E-state index >= 15 is 0 Å². The van der Waals surface area contributed by atoms with Gasteiger partial charge in [-0.3, -0.25) is 0 Å². The molecular formula is C23H33ClO. The lowest BCUT2D eigenvalue weighted by Crippen LogP contribution is -2.27. The summed E-state index contributed by atoms with van der Waals surface area (Å²) in [5, 5.41) is 0.770. The van der Waals surface area contributed by atoms with Crippen LogP contribution < -0.4 is 4.74 Å². The van der Waals surface area contributed by atoms with E-state index in [1.165, 1.54) is 64.2 Å². The van der Waals surface area contributed by atoms with Crippen molar-refractivity contribution >= 4 is 11.6 Å². The third kappa shape index (κ3) is 5.78. The highest BCUT2D eigenvalue weighted by Crippen LogP contribution is 2.42. The molecule has 0 aliphatic heterocycles. The van der Waals surface area contributed by atoms with Crippen LogP contribution in [0.3, 0.4) is 0 Å². The number of hydrogen-bond donors (Lipinski definition) is 0. The van der Waals surface area contributed by atoms with Crippen molar-refractivity contribution < 1.29 is 4.74 Å². The van der Waals surface area contributed by atoms with E-state index in [0.29, 0.717) is 0 Å². The second-order valence-electron chi connectivity index (χ2n) is 8.19. The standard InChI is InChI=1S/C23H33ClO/c1-2-3-4-18-5-9-20(10-6-18)21-11-7-19(8-12-21)17-25-23-15-13-22(24)14-16-23/h2,13-16,18-21H,1,3-12,17H2/t18-,19-,20-,21-. The van der Waals surface area contributed by atoms with Crippen LogP contribution in [0.5, 0.6) is 5.75 Å². The minimum absolute atomic E-state index is 0.732. The van der Waals surface area contributed by atoms with Crippen molar-refractivity contribution in [3.63, 3.8) is 0 Å². The molecule has 2 heteroatoms. The van der Waals surface area contributed by atoms with Crippen molar-refractivity contribution in [2.45, 2.75) is 64.2 Å². The second-order valence-corrected chi connectivity index (χ2v) is 8.63. The van der Waals surface area contributed by atoms with Gasteiger partial charge in [0.15, 0.2) is 0 Å². The Kier molecular flexibility index (Phi) is 7.28. The number of rotatable bonds is 7. The number of ether oxygens (including phenoxy) is 1. The summed E-state index contributed by atoms with van der Waals surface area (Å²) in [7, 11) is 0. The van der Waals surface area contributed by atoms with Crippen molar-refractivity contribution in [2.75, 3.05) is 6.61 Å². The van der Waals surface area contributed by atoms with Gasteiger partial charge in [-0.05, 0) is 99.3 Å². The molecule has 25 heavy (non-hydrogen) atoms. The van der Waals surface area contributed by atoms with Gasteiger partial charge in [0.05, 0.1) is 6.61 Å². The highest BCUT2D eigenvalue weighted by atomic mass is 35.5. The van der Waals surface area contributed by atoms with Crippen LogP contribution in [0.15, 0.2) is 36.9 Å². The number of benzene rings is 1. The van der Waals surface area contributed by atoms with Crippen molar-refractivity contribution in [1.29, 1.82) is 0 Å². The van der Waals surface area contributed by atoms with Gasteiger partial charge >= 0.3 is 0 Å².